The van der Waals surface area contributed by atoms with Crippen molar-refractivity contribution >= 4 is 11.8 Å². The zero-order chi connectivity index (χ0) is 22.9. The minimum absolute atomic E-state index is 0.0369. The number of carbonyl (C=O) groups excluding carboxylic acids is 2. The van der Waals surface area contributed by atoms with Gasteiger partial charge in [0.05, 0.1) is 0 Å². The predicted octanol–water partition coefficient (Wildman–Crippen LogP) is 3.59. The van der Waals surface area contributed by atoms with Gasteiger partial charge in [-0.1, -0.05) is 19.8 Å². The van der Waals surface area contributed by atoms with Crippen LogP contribution < -0.4 is 10.7 Å². The largest absolute Gasteiger partial charge is 0.352 e. The van der Waals surface area contributed by atoms with E-state index in [2.05, 4.69) is 10.3 Å². The first-order valence-corrected chi connectivity index (χ1v) is 11.7. The van der Waals surface area contributed by atoms with Crippen LogP contribution in [-0.4, -0.2) is 45.9 Å². The van der Waals surface area contributed by atoms with Crippen molar-refractivity contribution in [1.82, 2.24) is 19.8 Å². The van der Waals surface area contributed by atoms with Crippen LogP contribution in [0.4, 0.5) is 0 Å². The molecule has 0 bridgehead atoms. The summed E-state index contributed by atoms with van der Waals surface area (Å²) in [6.07, 6.45) is 13.2. The minimum atomic E-state index is -0.481. The van der Waals surface area contributed by atoms with Gasteiger partial charge in [-0.2, -0.15) is 0 Å². The summed E-state index contributed by atoms with van der Waals surface area (Å²) in [5.74, 6) is -0.686. The Bertz CT molecular complexity index is 963. The van der Waals surface area contributed by atoms with Crippen molar-refractivity contribution in [3.8, 4) is 0 Å². The van der Waals surface area contributed by atoms with Crippen molar-refractivity contribution in [1.29, 1.82) is 0 Å². The van der Waals surface area contributed by atoms with E-state index in [1.54, 1.807) is 29.7 Å². The lowest BCUT2D eigenvalue weighted by Gasteiger charge is -2.22. The molecule has 1 atom stereocenters. The maximum absolute atomic E-state index is 13.2. The Morgan fingerprint density at radius 2 is 1.72 bits per heavy atom. The van der Waals surface area contributed by atoms with Crippen LogP contribution in [0.25, 0.3) is 0 Å². The van der Waals surface area contributed by atoms with Gasteiger partial charge in [-0.3, -0.25) is 19.4 Å². The standard InChI is InChI=1S/C25H34N4O3/c1-3-19(2)29-17-21(24(31)27-12-8-9-20-10-13-26-14-11-20)23(30)22(18-29)25(32)28-15-6-4-5-7-16-28/h10-11,13-14,17-19H,3-9,12,15-16H2,1-2H3,(H,27,31). The van der Waals surface area contributed by atoms with Gasteiger partial charge in [-0.15, -0.1) is 0 Å². The third-order valence-electron chi connectivity index (χ3n) is 6.19. The van der Waals surface area contributed by atoms with E-state index in [4.69, 9.17) is 0 Å². The van der Waals surface area contributed by atoms with Crippen LogP contribution in [0.1, 0.15) is 84.7 Å². The van der Waals surface area contributed by atoms with Gasteiger partial charge in [0, 0.05) is 50.5 Å². The minimum Gasteiger partial charge on any atom is -0.352 e. The molecule has 0 saturated carbocycles. The SMILES string of the molecule is CCC(C)n1cc(C(=O)NCCCc2ccncc2)c(=O)c(C(=O)N2CCCCCC2)c1. The highest BCUT2D eigenvalue weighted by atomic mass is 16.2. The first-order chi connectivity index (χ1) is 15.5. The molecule has 1 unspecified atom stereocenters. The number of aromatic nitrogens is 2. The Kier molecular flexibility index (Phi) is 8.59. The molecule has 2 amide bonds. The molecule has 32 heavy (non-hydrogen) atoms. The third kappa shape index (κ3) is 6.05. The smallest absolute Gasteiger partial charge is 0.259 e. The van der Waals surface area contributed by atoms with Gasteiger partial charge in [0.15, 0.2) is 0 Å². The van der Waals surface area contributed by atoms with E-state index in [1.165, 1.54) is 0 Å². The van der Waals surface area contributed by atoms with Crippen molar-refractivity contribution in [3.63, 3.8) is 0 Å². The molecule has 7 heteroatoms. The van der Waals surface area contributed by atoms with E-state index in [0.29, 0.717) is 19.6 Å². The predicted molar refractivity (Wildman–Crippen MR) is 125 cm³/mol. The third-order valence-corrected chi connectivity index (χ3v) is 6.19. The second-order valence-corrected chi connectivity index (χ2v) is 8.54. The zero-order valence-corrected chi connectivity index (χ0v) is 19.2. The molecule has 7 nitrogen and oxygen atoms in total. The lowest BCUT2D eigenvalue weighted by atomic mass is 10.1. The quantitative estimate of drug-likeness (QED) is 0.639. The van der Waals surface area contributed by atoms with Gasteiger partial charge >= 0.3 is 0 Å². The molecule has 0 aromatic carbocycles. The van der Waals surface area contributed by atoms with Gasteiger partial charge < -0.3 is 14.8 Å². The van der Waals surface area contributed by atoms with Crippen molar-refractivity contribution in [2.24, 2.45) is 0 Å². The molecular weight excluding hydrogens is 404 g/mol. The Morgan fingerprint density at radius 1 is 1.06 bits per heavy atom. The number of pyridine rings is 2. The van der Waals surface area contributed by atoms with Gasteiger partial charge in [0.2, 0.25) is 5.43 Å². The van der Waals surface area contributed by atoms with Crippen LogP contribution in [0.2, 0.25) is 0 Å². The molecule has 1 aliphatic heterocycles. The molecular formula is C25H34N4O3. The lowest BCUT2D eigenvalue weighted by Crippen LogP contribution is -2.38. The second kappa shape index (κ2) is 11.6. The fourth-order valence-electron chi connectivity index (χ4n) is 3.96. The number of aryl methyl sites for hydroxylation is 1. The van der Waals surface area contributed by atoms with E-state index in [9.17, 15) is 14.4 Å². The molecule has 172 valence electrons. The van der Waals surface area contributed by atoms with E-state index >= 15 is 0 Å². The Balaban J connectivity index is 1.77. The van der Waals surface area contributed by atoms with Crippen LogP contribution in [0.3, 0.4) is 0 Å². The summed E-state index contributed by atoms with van der Waals surface area (Å²) >= 11 is 0. The number of amides is 2. The molecule has 3 heterocycles. The van der Waals surface area contributed by atoms with E-state index in [1.807, 2.05) is 30.5 Å². The average Bonchev–Trinajstić information content (AvgIpc) is 3.11. The highest BCUT2D eigenvalue weighted by molar-refractivity contribution is 5.99. The van der Waals surface area contributed by atoms with Gasteiger partial charge in [-0.25, -0.2) is 0 Å². The number of nitrogens with one attached hydrogen (secondary N) is 1. The van der Waals surface area contributed by atoms with Crippen molar-refractivity contribution in [3.05, 3.63) is 63.8 Å². The molecule has 1 aliphatic rings. The average molecular weight is 439 g/mol. The van der Waals surface area contributed by atoms with Gasteiger partial charge in [0.25, 0.3) is 11.8 Å². The summed E-state index contributed by atoms with van der Waals surface area (Å²) in [5, 5.41) is 2.86. The maximum Gasteiger partial charge on any atom is 0.259 e. The molecule has 1 fully saturated rings. The summed E-state index contributed by atoms with van der Waals surface area (Å²) in [6, 6.07) is 3.97. The Labute approximate surface area is 189 Å². The topological polar surface area (TPSA) is 84.3 Å². The molecule has 0 spiro atoms. The Morgan fingerprint density at radius 3 is 2.38 bits per heavy atom. The number of hydrogen-bond acceptors (Lipinski definition) is 4. The summed E-state index contributed by atoms with van der Waals surface area (Å²) in [4.78, 5) is 45.0. The van der Waals surface area contributed by atoms with Crippen LogP contribution in [0.15, 0.2) is 41.7 Å². The van der Waals surface area contributed by atoms with Crippen molar-refractivity contribution < 1.29 is 9.59 Å². The maximum atomic E-state index is 13.2. The first-order valence-electron chi connectivity index (χ1n) is 11.7. The molecule has 1 N–H and O–H groups in total. The van der Waals surface area contributed by atoms with Crippen molar-refractivity contribution in [2.45, 2.75) is 64.8 Å². The van der Waals surface area contributed by atoms with Crippen LogP contribution in [0.5, 0.6) is 0 Å². The first kappa shape index (κ1) is 23.7. The Hall–Kier alpha value is -2.96. The number of nitrogens with zero attached hydrogens (tertiary/aromatic N) is 3. The van der Waals surface area contributed by atoms with Crippen LogP contribution >= 0.6 is 0 Å². The number of rotatable bonds is 8. The molecule has 3 rings (SSSR count). The molecule has 1 saturated heterocycles. The fraction of sp³-hybridized carbons (Fsp3) is 0.520. The summed E-state index contributed by atoms with van der Waals surface area (Å²) in [7, 11) is 0. The molecule has 0 aliphatic carbocycles. The summed E-state index contributed by atoms with van der Waals surface area (Å²) in [6.45, 7) is 5.83. The van der Waals surface area contributed by atoms with Crippen LogP contribution in [-0.2, 0) is 6.42 Å². The monoisotopic (exact) mass is 438 g/mol. The molecule has 2 aromatic rings. The van der Waals surface area contributed by atoms with E-state index in [0.717, 1.165) is 50.5 Å². The van der Waals surface area contributed by atoms with Gasteiger partial charge in [0.1, 0.15) is 11.1 Å². The molecule has 2 aromatic heterocycles. The molecule has 0 radical (unpaired) electrons. The zero-order valence-electron chi connectivity index (χ0n) is 19.2. The van der Waals surface area contributed by atoms with Crippen LogP contribution in [0, 0.1) is 0 Å². The number of carbonyl (C=O) groups is 2. The fourth-order valence-corrected chi connectivity index (χ4v) is 3.96. The summed E-state index contributed by atoms with van der Waals surface area (Å²) in [5.41, 5.74) is 0.801. The summed E-state index contributed by atoms with van der Waals surface area (Å²) < 4.78 is 1.83. The highest BCUT2D eigenvalue weighted by Gasteiger charge is 2.24. The second-order valence-electron chi connectivity index (χ2n) is 8.54. The lowest BCUT2D eigenvalue weighted by molar-refractivity contribution is 0.0759. The van der Waals surface area contributed by atoms with E-state index < -0.39 is 11.3 Å². The number of hydrogen-bond donors (Lipinski definition) is 1. The van der Waals surface area contributed by atoms with Gasteiger partial charge in [-0.05, 0) is 56.7 Å². The normalized spacial score (nSPS) is 15.1. The van der Waals surface area contributed by atoms with E-state index in [-0.39, 0.29) is 23.1 Å². The number of likely N-dealkylation sites (tertiary alicyclic amines) is 1. The van der Waals surface area contributed by atoms with Crippen molar-refractivity contribution in [2.75, 3.05) is 19.6 Å². The highest BCUT2D eigenvalue weighted by Crippen LogP contribution is 2.15.